The number of carbonyl (C=O) groups is 1. The number of aliphatic hydroxyl groups is 1. The molecule has 0 saturated heterocycles. The molecule has 0 bridgehead atoms. The smallest absolute Gasteiger partial charge is 0.355 e. The number of anilines is 1. The van der Waals surface area contributed by atoms with Gasteiger partial charge in [-0.1, -0.05) is 23.5 Å². The van der Waals surface area contributed by atoms with Crippen LogP contribution in [0.25, 0.3) is 10.2 Å². The topological polar surface area (TPSA) is 158 Å². The van der Waals surface area contributed by atoms with Crippen molar-refractivity contribution in [2.75, 3.05) is 25.2 Å². The first kappa shape index (κ1) is 25.4. The molecule has 34 heavy (non-hydrogen) atoms. The number of nitrogens with zero attached hydrogens (tertiary/aromatic N) is 4. The number of hydrogen-bond acceptors (Lipinski definition) is 9. The first-order chi connectivity index (χ1) is 16.3. The van der Waals surface area contributed by atoms with Crippen molar-refractivity contribution in [1.29, 1.82) is 5.41 Å². The molecule has 1 aromatic carbocycles. The summed E-state index contributed by atoms with van der Waals surface area (Å²) in [7, 11) is 1.52. The summed E-state index contributed by atoms with van der Waals surface area (Å²) in [5.41, 5.74) is 7.48. The molecule has 0 aliphatic rings. The van der Waals surface area contributed by atoms with Gasteiger partial charge in [0.15, 0.2) is 10.8 Å². The lowest BCUT2D eigenvalue weighted by atomic mass is 10.2. The number of carboxylic acid groups (broad SMARTS) is 1. The van der Waals surface area contributed by atoms with Gasteiger partial charge in [0.2, 0.25) is 5.13 Å². The molecule has 0 fully saturated rings. The summed E-state index contributed by atoms with van der Waals surface area (Å²) in [6.07, 6.45) is 1.93. The van der Waals surface area contributed by atoms with Crippen LogP contribution in [0.1, 0.15) is 30.3 Å². The average molecular weight is 503 g/mol. The Labute approximate surface area is 204 Å². The molecular weight excluding hydrogens is 476 g/mol. The van der Waals surface area contributed by atoms with E-state index >= 15 is 0 Å². The zero-order valence-electron chi connectivity index (χ0n) is 18.8. The summed E-state index contributed by atoms with van der Waals surface area (Å²) >= 11 is 2.55. The summed E-state index contributed by atoms with van der Waals surface area (Å²) in [5.74, 6) is -0.833. The van der Waals surface area contributed by atoms with Crippen LogP contribution >= 0.6 is 22.7 Å². The third-order valence-corrected chi connectivity index (χ3v) is 6.56. The van der Waals surface area contributed by atoms with Gasteiger partial charge < -0.3 is 25.6 Å². The molecule has 10 nitrogen and oxygen atoms in total. The van der Waals surface area contributed by atoms with Crippen molar-refractivity contribution in [3.05, 3.63) is 47.0 Å². The minimum atomic E-state index is -1.14. The highest BCUT2D eigenvalue weighted by atomic mass is 32.1. The van der Waals surface area contributed by atoms with Gasteiger partial charge >= 0.3 is 5.97 Å². The van der Waals surface area contributed by atoms with E-state index in [1.165, 1.54) is 23.8 Å². The Kier molecular flexibility index (Phi) is 8.82. The van der Waals surface area contributed by atoms with E-state index in [1.807, 2.05) is 24.3 Å². The second kappa shape index (κ2) is 11.8. The summed E-state index contributed by atoms with van der Waals surface area (Å²) < 4.78 is 5.95. The fourth-order valence-corrected chi connectivity index (χ4v) is 4.71. The van der Waals surface area contributed by atoms with Crippen LogP contribution in [0, 0.1) is 5.41 Å². The Morgan fingerprint density at radius 2 is 2.15 bits per heavy atom. The molecule has 0 radical (unpaired) electrons. The number of amidine groups is 2. The molecule has 1 unspecified atom stereocenters. The van der Waals surface area contributed by atoms with E-state index in [0.29, 0.717) is 35.2 Å². The van der Waals surface area contributed by atoms with Crippen LogP contribution in [-0.2, 0) is 4.74 Å². The van der Waals surface area contributed by atoms with Crippen molar-refractivity contribution in [1.82, 2.24) is 9.97 Å². The normalized spacial score (nSPS) is 13.3. The Bertz CT molecular complexity index is 1190. The number of para-hydroxylation sites is 1. The van der Waals surface area contributed by atoms with Crippen LogP contribution in [0.15, 0.2) is 46.3 Å². The van der Waals surface area contributed by atoms with Crippen molar-refractivity contribution in [3.8, 4) is 0 Å². The van der Waals surface area contributed by atoms with Crippen LogP contribution in [0.3, 0.4) is 0 Å². The number of rotatable bonds is 11. The van der Waals surface area contributed by atoms with E-state index in [9.17, 15) is 15.0 Å². The largest absolute Gasteiger partial charge is 0.476 e. The van der Waals surface area contributed by atoms with Crippen LogP contribution < -0.4 is 10.6 Å². The number of ether oxygens (including phenoxy) is 1. The maximum absolute atomic E-state index is 11.3. The van der Waals surface area contributed by atoms with E-state index in [1.54, 1.807) is 17.9 Å². The zero-order chi connectivity index (χ0) is 24.7. The molecule has 180 valence electrons. The van der Waals surface area contributed by atoms with Gasteiger partial charge in [-0.3, -0.25) is 5.41 Å². The standard InChI is InChI=1S/C22H26N6O4S2/c1-13(19(24)27-21-25-15-7-3-4-8-17(15)34-21)10-18(23)28(9-5-6-14(29)11-32-2)22-26-16(12-33-22)20(30)31/h3-4,7-8,10,12,14,23,29H,5-6,9,11H2,1-2H3,(H,30,31)(H2,24,25,27)/b13-10-,23-18?. The van der Waals surface area contributed by atoms with Gasteiger partial charge in [0.1, 0.15) is 11.7 Å². The molecule has 12 heteroatoms. The third kappa shape index (κ3) is 6.67. The zero-order valence-corrected chi connectivity index (χ0v) is 20.4. The van der Waals surface area contributed by atoms with E-state index < -0.39 is 12.1 Å². The first-order valence-electron chi connectivity index (χ1n) is 10.4. The van der Waals surface area contributed by atoms with Gasteiger partial charge in [-0.15, -0.1) is 11.3 Å². The molecule has 3 rings (SSSR count). The third-order valence-electron chi connectivity index (χ3n) is 4.77. The molecule has 0 aliphatic carbocycles. The van der Waals surface area contributed by atoms with Crippen LogP contribution in [0.2, 0.25) is 0 Å². The van der Waals surface area contributed by atoms with Gasteiger partial charge in [0.05, 0.1) is 22.9 Å². The molecule has 5 N–H and O–H groups in total. The van der Waals surface area contributed by atoms with E-state index in [0.717, 1.165) is 21.6 Å². The van der Waals surface area contributed by atoms with E-state index in [4.69, 9.17) is 15.9 Å². The molecule has 0 spiro atoms. The molecular formula is C22H26N6O4S2. The highest BCUT2D eigenvalue weighted by Gasteiger charge is 2.18. The number of aromatic nitrogens is 2. The summed E-state index contributed by atoms with van der Waals surface area (Å²) in [4.78, 5) is 25.8. The van der Waals surface area contributed by atoms with Gasteiger partial charge in [0, 0.05) is 19.0 Å². The van der Waals surface area contributed by atoms with Crippen LogP contribution in [0.4, 0.5) is 10.3 Å². The van der Waals surface area contributed by atoms with Crippen LogP contribution in [0.5, 0.6) is 0 Å². The SMILES string of the molecule is COCC(O)CCCN(C(=N)/C=C(/C)C(N)=Nc1nc2ccccc2s1)c1nc(C(=O)O)cs1. The minimum absolute atomic E-state index is 0.0764. The second-order valence-corrected chi connectivity index (χ2v) is 9.24. The van der Waals surface area contributed by atoms with Gasteiger partial charge in [-0.05, 0) is 43.5 Å². The van der Waals surface area contributed by atoms with Gasteiger partial charge in [-0.25, -0.2) is 19.8 Å². The number of methoxy groups -OCH3 is 1. The minimum Gasteiger partial charge on any atom is -0.476 e. The number of aromatic carboxylic acids is 1. The summed E-state index contributed by atoms with van der Waals surface area (Å²) in [5, 5.41) is 30.1. The number of benzene rings is 1. The predicted octanol–water partition coefficient (Wildman–Crippen LogP) is 3.66. The Morgan fingerprint density at radius 3 is 2.82 bits per heavy atom. The fraction of sp³-hybridized carbons (Fsp3) is 0.318. The lowest BCUT2D eigenvalue weighted by Gasteiger charge is -2.22. The monoisotopic (exact) mass is 502 g/mol. The van der Waals surface area contributed by atoms with Crippen molar-refractivity contribution < 1.29 is 19.7 Å². The summed E-state index contributed by atoms with van der Waals surface area (Å²) in [6, 6.07) is 7.70. The highest BCUT2D eigenvalue weighted by molar-refractivity contribution is 7.22. The first-order valence-corrected chi connectivity index (χ1v) is 12.1. The highest BCUT2D eigenvalue weighted by Crippen LogP contribution is 2.28. The molecule has 3 aromatic rings. The van der Waals surface area contributed by atoms with Crippen molar-refractivity contribution in [2.24, 2.45) is 10.7 Å². The number of hydrogen-bond donors (Lipinski definition) is 4. The Balaban J connectivity index is 1.79. The molecule has 0 amide bonds. The molecule has 2 aromatic heterocycles. The number of fused-ring (bicyclic) bond motifs is 1. The number of aliphatic imine (C=N–C) groups is 1. The molecule has 1 atom stereocenters. The quantitative estimate of drug-likeness (QED) is 0.228. The maximum atomic E-state index is 11.3. The van der Waals surface area contributed by atoms with Crippen molar-refractivity contribution in [3.63, 3.8) is 0 Å². The van der Waals surface area contributed by atoms with Crippen molar-refractivity contribution in [2.45, 2.75) is 25.9 Å². The predicted molar refractivity (Wildman–Crippen MR) is 136 cm³/mol. The number of carboxylic acids is 1. The Hall–Kier alpha value is -3.19. The van der Waals surface area contributed by atoms with E-state index in [-0.39, 0.29) is 24.0 Å². The summed E-state index contributed by atoms with van der Waals surface area (Å²) in [6.45, 7) is 2.31. The molecule has 0 saturated carbocycles. The van der Waals surface area contributed by atoms with E-state index in [2.05, 4.69) is 15.0 Å². The number of nitrogens with one attached hydrogen (secondary N) is 1. The van der Waals surface area contributed by atoms with Gasteiger partial charge in [0.25, 0.3) is 0 Å². The number of aliphatic hydroxyl groups excluding tert-OH is 1. The molecule has 0 aliphatic heterocycles. The maximum Gasteiger partial charge on any atom is 0.355 e. The lowest BCUT2D eigenvalue weighted by molar-refractivity contribution is 0.0585. The second-order valence-electron chi connectivity index (χ2n) is 7.40. The number of thiazole rings is 2. The van der Waals surface area contributed by atoms with Gasteiger partial charge in [-0.2, -0.15) is 0 Å². The average Bonchev–Trinajstić information content (AvgIpc) is 3.43. The fourth-order valence-electron chi connectivity index (χ4n) is 3.02. The lowest BCUT2D eigenvalue weighted by Crippen LogP contribution is -2.31. The number of nitrogens with two attached hydrogens (primary N) is 1. The van der Waals surface area contributed by atoms with Crippen molar-refractivity contribution >= 4 is 60.8 Å². The van der Waals surface area contributed by atoms with Crippen LogP contribution in [-0.4, -0.2) is 64.2 Å². The molecule has 2 heterocycles. The Morgan fingerprint density at radius 1 is 1.38 bits per heavy atom.